The van der Waals surface area contributed by atoms with E-state index in [0.717, 1.165) is 11.3 Å². The minimum absolute atomic E-state index is 0.113. The first kappa shape index (κ1) is 15.8. The van der Waals surface area contributed by atoms with Gasteiger partial charge in [0, 0.05) is 5.56 Å². The zero-order valence-electron chi connectivity index (χ0n) is 13.7. The highest BCUT2D eigenvalue weighted by Crippen LogP contribution is 2.20. The molecule has 0 aliphatic carbocycles. The van der Waals surface area contributed by atoms with Crippen molar-refractivity contribution in [3.8, 4) is 17.1 Å². The quantitative estimate of drug-likeness (QED) is 0.601. The number of oxazole rings is 1. The molecule has 26 heavy (non-hydrogen) atoms. The van der Waals surface area contributed by atoms with Crippen LogP contribution in [0.15, 0.2) is 77.9 Å². The number of anilines is 1. The number of hydrogen-bond donors (Lipinski definition) is 1. The molecular formula is C19H15N5O2. The lowest BCUT2D eigenvalue weighted by atomic mass is 10.2. The number of nitrogens with one attached hydrogen (secondary N) is 1. The monoisotopic (exact) mass is 345 g/mol. The predicted octanol–water partition coefficient (Wildman–Crippen LogP) is 3.10. The Labute approximate surface area is 149 Å². The topological polar surface area (TPSA) is 85.8 Å². The van der Waals surface area contributed by atoms with Crippen LogP contribution in [0.3, 0.4) is 0 Å². The van der Waals surface area contributed by atoms with Crippen molar-refractivity contribution in [1.29, 1.82) is 0 Å². The smallest absolute Gasteiger partial charge is 0.230 e. The zero-order chi connectivity index (χ0) is 17.8. The van der Waals surface area contributed by atoms with Crippen LogP contribution in [-0.4, -0.2) is 25.7 Å². The molecule has 2 aromatic heterocycles. The number of benzene rings is 2. The Bertz CT molecular complexity index is 1010. The van der Waals surface area contributed by atoms with Gasteiger partial charge in [-0.2, -0.15) is 5.10 Å². The first-order chi connectivity index (χ1) is 12.8. The first-order valence-electron chi connectivity index (χ1n) is 8.03. The van der Waals surface area contributed by atoms with Gasteiger partial charge in [0.25, 0.3) is 0 Å². The highest BCUT2D eigenvalue weighted by Gasteiger charge is 2.12. The average Bonchev–Trinajstić information content (AvgIpc) is 3.35. The van der Waals surface area contributed by atoms with Gasteiger partial charge < -0.3 is 9.73 Å². The molecule has 4 rings (SSSR count). The normalized spacial score (nSPS) is 10.6. The lowest BCUT2D eigenvalue weighted by Crippen LogP contribution is -2.16. The average molecular weight is 345 g/mol. The highest BCUT2D eigenvalue weighted by molar-refractivity contribution is 5.94. The summed E-state index contributed by atoms with van der Waals surface area (Å²) in [4.78, 5) is 20.7. The van der Waals surface area contributed by atoms with Gasteiger partial charge in [0.1, 0.15) is 18.9 Å². The van der Waals surface area contributed by atoms with Crippen LogP contribution in [0.5, 0.6) is 0 Å². The van der Waals surface area contributed by atoms with Crippen LogP contribution in [0.2, 0.25) is 0 Å². The maximum atomic E-state index is 12.4. The molecular weight excluding hydrogens is 330 g/mol. The molecule has 2 heterocycles. The zero-order valence-corrected chi connectivity index (χ0v) is 13.7. The molecule has 0 bridgehead atoms. The van der Waals surface area contributed by atoms with Gasteiger partial charge in [0.05, 0.1) is 23.5 Å². The molecule has 0 aliphatic rings. The molecule has 0 fully saturated rings. The van der Waals surface area contributed by atoms with Crippen LogP contribution < -0.4 is 5.32 Å². The van der Waals surface area contributed by atoms with Crippen LogP contribution in [0.25, 0.3) is 17.1 Å². The summed E-state index contributed by atoms with van der Waals surface area (Å²) in [6, 6.07) is 16.9. The van der Waals surface area contributed by atoms with E-state index in [0.29, 0.717) is 17.3 Å². The lowest BCUT2D eigenvalue weighted by Gasteiger charge is -2.09. The Morgan fingerprint density at radius 2 is 1.88 bits per heavy atom. The molecule has 1 amide bonds. The molecule has 7 heteroatoms. The second-order valence-electron chi connectivity index (χ2n) is 5.59. The Balaban J connectivity index is 1.48. The van der Waals surface area contributed by atoms with E-state index in [4.69, 9.17) is 4.42 Å². The third-order valence-electron chi connectivity index (χ3n) is 3.76. The van der Waals surface area contributed by atoms with E-state index in [1.807, 2.05) is 54.6 Å². The molecule has 128 valence electrons. The summed E-state index contributed by atoms with van der Waals surface area (Å²) in [7, 11) is 0. The number of carbonyl (C=O) groups excluding carboxylic acids is 1. The molecule has 0 spiro atoms. The largest absolute Gasteiger partial charge is 0.444 e. The van der Waals surface area contributed by atoms with Gasteiger partial charge in [-0.15, -0.1) is 0 Å². The minimum atomic E-state index is -0.189. The summed E-state index contributed by atoms with van der Waals surface area (Å²) in [6.45, 7) is 0. The number of amides is 1. The van der Waals surface area contributed by atoms with Crippen molar-refractivity contribution in [2.75, 3.05) is 5.32 Å². The Morgan fingerprint density at radius 1 is 1.08 bits per heavy atom. The maximum Gasteiger partial charge on any atom is 0.230 e. The van der Waals surface area contributed by atoms with Crippen LogP contribution in [0.4, 0.5) is 5.69 Å². The SMILES string of the molecule is O=C(Cc1coc(-c2ccccc2)n1)Nc1ccccc1-n1cncn1. The van der Waals surface area contributed by atoms with Crippen molar-refractivity contribution in [3.05, 3.63) is 79.2 Å². The summed E-state index contributed by atoms with van der Waals surface area (Å²) in [6.07, 6.45) is 4.64. The van der Waals surface area contributed by atoms with E-state index in [1.54, 1.807) is 11.0 Å². The highest BCUT2D eigenvalue weighted by atomic mass is 16.3. The second-order valence-corrected chi connectivity index (χ2v) is 5.59. The Morgan fingerprint density at radius 3 is 2.69 bits per heavy atom. The number of nitrogens with zero attached hydrogens (tertiary/aromatic N) is 4. The molecule has 0 saturated heterocycles. The van der Waals surface area contributed by atoms with Crippen molar-refractivity contribution >= 4 is 11.6 Å². The van der Waals surface area contributed by atoms with Crippen molar-refractivity contribution in [2.24, 2.45) is 0 Å². The number of para-hydroxylation sites is 2. The molecule has 0 unspecified atom stereocenters. The third-order valence-corrected chi connectivity index (χ3v) is 3.76. The number of aromatic nitrogens is 4. The van der Waals surface area contributed by atoms with Crippen LogP contribution >= 0.6 is 0 Å². The van der Waals surface area contributed by atoms with E-state index in [1.165, 1.54) is 12.6 Å². The summed E-state index contributed by atoms with van der Waals surface area (Å²) < 4.78 is 7.07. The summed E-state index contributed by atoms with van der Waals surface area (Å²) in [5, 5.41) is 6.99. The van der Waals surface area contributed by atoms with Gasteiger partial charge in [0.15, 0.2) is 0 Å². The summed E-state index contributed by atoms with van der Waals surface area (Å²) in [5.41, 5.74) is 2.83. The molecule has 0 saturated carbocycles. The van der Waals surface area contributed by atoms with Crippen molar-refractivity contribution in [3.63, 3.8) is 0 Å². The third kappa shape index (κ3) is 3.36. The molecule has 1 N–H and O–H groups in total. The van der Waals surface area contributed by atoms with E-state index < -0.39 is 0 Å². The maximum absolute atomic E-state index is 12.4. The van der Waals surface area contributed by atoms with Gasteiger partial charge in [-0.25, -0.2) is 14.6 Å². The van der Waals surface area contributed by atoms with E-state index in [9.17, 15) is 4.79 Å². The first-order valence-corrected chi connectivity index (χ1v) is 8.03. The number of rotatable bonds is 5. The van der Waals surface area contributed by atoms with Crippen LogP contribution in [0.1, 0.15) is 5.69 Å². The summed E-state index contributed by atoms with van der Waals surface area (Å²) in [5.74, 6) is 0.307. The molecule has 4 aromatic rings. The molecule has 0 atom stereocenters. The fourth-order valence-corrected chi connectivity index (χ4v) is 2.57. The standard InChI is InChI=1S/C19H15N5O2/c25-18(10-15-11-26-19(22-15)14-6-2-1-3-7-14)23-16-8-4-5-9-17(16)24-13-20-12-21-24/h1-9,11-13H,10H2,(H,23,25). The number of hydrogen-bond acceptors (Lipinski definition) is 5. The second kappa shape index (κ2) is 7.02. The molecule has 7 nitrogen and oxygen atoms in total. The van der Waals surface area contributed by atoms with E-state index in [-0.39, 0.29) is 12.3 Å². The fraction of sp³-hybridized carbons (Fsp3) is 0.0526. The molecule has 0 radical (unpaired) electrons. The van der Waals surface area contributed by atoms with E-state index >= 15 is 0 Å². The van der Waals surface area contributed by atoms with Crippen LogP contribution in [0, 0.1) is 0 Å². The molecule has 0 aliphatic heterocycles. The van der Waals surface area contributed by atoms with Crippen molar-refractivity contribution in [2.45, 2.75) is 6.42 Å². The number of carbonyl (C=O) groups is 1. The summed E-state index contributed by atoms with van der Waals surface area (Å²) >= 11 is 0. The van der Waals surface area contributed by atoms with Gasteiger partial charge in [0.2, 0.25) is 11.8 Å². The Kier molecular flexibility index (Phi) is 4.26. The van der Waals surface area contributed by atoms with Crippen molar-refractivity contribution in [1.82, 2.24) is 19.7 Å². The van der Waals surface area contributed by atoms with Gasteiger partial charge in [-0.3, -0.25) is 4.79 Å². The fourth-order valence-electron chi connectivity index (χ4n) is 2.57. The molecule has 2 aromatic carbocycles. The van der Waals surface area contributed by atoms with Crippen LogP contribution in [-0.2, 0) is 11.2 Å². The van der Waals surface area contributed by atoms with E-state index in [2.05, 4.69) is 20.4 Å². The van der Waals surface area contributed by atoms with Gasteiger partial charge in [-0.1, -0.05) is 30.3 Å². The minimum Gasteiger partial charge on any atom is -0.444 e. The Hall–Kier alpha value is -3.74. The lowest BCUT2D eigenvalue weighted by molar-refractivity contribution is -0.115. The van der Waals surface area contributed by atoms with Gasteiger partial charge >= 0.3 is 0 Å². The van der Waals surface area contributed by atoms with Gasteiger partial charge in [-0.05, 0) is 24.3 Å². The van der Waals surface area contributed by atoms with Crippen molar-refractivity contribution < 1.29 is 9.21 Å². The predicted molar refractivity (Wildman–Crippen MR) is 95.6 cm³/mol.